The van der Waals surface area contributed by atoms with Gasteiger partial charge in [0.25, 0.3) is 0 Å². The van der Waals surface area contributed by atoms with Gasteiger partial charge in [0.2, 0.25) is 0 Å². The minimum absolute atomic E-state index is 0.368. The number of alkyl halides is 1. The molecule has 3 nitrogen and oxygen atoms in total. The number of aromatic nitrogens is 2. The first kappa shape index (κ1) is 11.6. The summed E-state index contributed by atoms with van der Waals surface area (Å²) in [5.74, 6) is 2.42. The molecule has 2 unspecified atom stereocenters. The second-order valence-electron chi connectivity index (χ2n) is 4.50. The van der Waals surface area contributed by atoms with Crippen LogP contribution in [-0.2, 0) is 0 Å². The van der Waals surface area contributed by atoms with Crippen molar-refractivity contribution >= 4 is 17.4 Å². The Morgan fingerprint density at radius 3 is 3.12 bits per heavy atom. The Kier molecular flexibility index (Phi) is 3.99. The van der Waals surface area contributed by atoms with E-state index in [0.717, 1.165) is 24.6 Å². The molecule has 0 bridgehead atoms. The predicted octanol–water partition coefficient (Wildman–Crippen LogP) is 2.99. The second-order valence-corrected chi connectivity index (χ2v) is 5.12. The number of aryl methyl sites for hydroxylation is 1. The third-order valence-corrected chi connectivity index (χ3v) is 3.46. The molecule has 1 aliphatic rings. The third kappa shape index (κ3) is 3.34. The van der Waals surface area contributed by atoms with Crippen LogP contribution in [0.4, 0.5) is 5.82 Å². The molecule has 16 heavy (non-hydrogen) atoms. The van der Waals surface area contributed by atoms with Crippen molar-refractivity contribution in [2.45, 2.75) is 38.0 Å². The molecule has 4 heteroatoms. The third-order valence-electron chi connectivity index (χ3n) is 3.07. The van der Waals surface area contributed by atoms with E-state index in [9.17, 15) is 0 Å². The largest absolute Gasteiger partial charge is 0.370 e. The summed E-state index contributed by atoms with van der Waals surface area (Å²) in [7, 11) is 0. The molecule has 1 aliphatic carbocycles. The van der Waals surface area contributed by atoms with Crippen molar-refractivity contribution < 1.29 is 0 Å². The van der Waals surface area contributed by atoms with E-state index in [1.54, 1.807) is 6.20 Å². The van der Waals surface area contributed by atoms with Gasteiger partial charge in [0.05, 0.1) is 0 Å². The maximum Gasteiger partial charge on any atom is 0.129 e. The number of hydrogen-bond acceptors (Lipinski definition) is 3. The van der Waals surface area contributed by atoms with Crippen molar-refractivity contribution in [2.75, 3.05) is 11.9 Å². The summed E-state index contributed by atoms with van der Waals surface area (Å²) in [5, 5.41) is 3.73. The van der Waals surface area contributed by atoms with Crippen LogP contribution in [0.2, 0.25) is 0 Å². The molecule has 1 saturated carbocycles. The Bertz CT molecular complexity index is 343. The first-order valence-corrected chi connectivity index (χ1v) is 6.35. The first-order valence-electron chi connectivity index (χ1n) is 5.91. The number of rotatable bonds is 3. The molecule has 0 radical (unpaired) electrons. The molecule has 2 atom stereocenters. The van der Waals surface area contributed by atoms with Gasteiger partial charge in [-0.3, -0.25) is 0 Å². The Labute approximate surface area is 102 Å². The molecule has 0 aliphatic heterocycles. The van der Waals surface area contributed by atoms with Crippen LogP contribution in [0.3, 0.4) is 0 Å². The Morgan fingerprint density at radius 1 is 1.50 bits per heavy atom. The SMILES string of the molecule is Cc1nccc(NCC2CCCC(Cl)C2)n1. The Hall–Kier alpha value is -0.830. The van der Waals surface area contributed by atoms with Gasteiger partial charge >= 0.3 is 0 Å². The lowest BCUT2D eigenvalue weighted by Gasteiger charge is -2.25. The highest BCUT2D eigenvalue weighted by molar-refractivity contribution is 6.20. The average molecular weight is 240 g/mol. The molecule has 88 valence electrons. The summed E-state index contributed by atoms with van der Waals surface area (Å²) in [6.45, 7) is 2.88. The highest BCUT2D eigenvalue weighted by Gasteiger charge is 2.19. The molecular formula is C12H18ClN3. The summed E-state index contributed by atoms with van der Waals surface area (Å²) >= 11 is 6.16. The van der Waals surface area contributed by atoms with Gasteiger partial charge in [0, 0.05) is 18.1 Å². The van der Waals surface area contributed by atoms with E-state index in [2.05, 4.69) is 15.3 Å². The second kappa shape index (κ2) is 5.48. The molecule has 0 spiro atoms. The predicted molar refractivity (Wildman–Crippen MR) is 66.9 cm³/mol. The molecule has 1 fully saturated rings. The molecule has 1 aromatic rings. The number of nitrogens with zero attached hydrogens (tertiary/aromatic N) is 2. The molecular weight excluding hydrogens is 222 g/mol. The number of hydrogen-bond donors (Lipinski definition) is 1. The molecule has 1 aromatic heterocycles. The van der Waals surface area contributed by atoms with E-state index < -0.39 is 0 Å². The molecule has 0 saturated heterocycles. The van der Waals surface area contributed by atoms with Crippen LogP contribution in [0.25, 0.3) is 0 Å². The fourth-order valence-electron chi connectivity index (χ4n) is 2.21. The topological polar surface area (TPSA) is 37.8 Å². The lowest BCUT2D eigenvalue weighted by atomic mass is 9.89. The highest BCUT2D eigenvalue weighted by atomic mass is 35.5. The maximum absolute atomic E-state index is 6.16. The zero-order valence-electron chi connectivity index (χ0n) is 9.62. The molecule has 2 rings (SSSR count). The molecule has 1 heterocycles. The van der Waals surface area contributed by atoms with E-state index in [0.29, 0.717) is 11.3 Å². The van der Waals surface area contributed by atoms with Gasteiger partial charge in [-0.25, -0.2) is 9.97 Å². The van der Waals surface area contributed by atoms with Gasteiger partial charge in [-0.15, -0.1) is 11.6 Å². The van der Waals surface area contributed by atoms with Crippen molar-refractivity contribution in [3.8, 4) is 0 Å². The van der Waals surface area contributed by atoms with Gasteiger partial charge < -0.3 is 5.32 Å². The Morgan fingerprint density at radius 2 is 2.38 bits per heavy atom. The van der Waals surface area contributed by atoms with E-state index in [1.807, 2.05) is 13.0 Å². The van der Waals surface area contributed by atoms with Crippen molar-refractivity contribution in [3.63, 3.8) is 0 Å². The number of nitrogens with one attached hydrogen (secondary N) is 1. The molecule has 0 aromatic carbocycles. The zero-order chi connectivity index (χ0) is 11.4. The Balaban J connectivity index is 1.82. The van der Waals surface area contributed by atoms with Crippen LogP contribution in [0.5, 0.6) is 0 Å². The van der Waals surface area contributed by atoms with Crippen molar-refractivity contribution in [2.24, 2.45) is 5.92 Å². The average Bonchev–Trinajstić information content (AvgIpc) is 2.27. The zero-order valence-corrected chi connectivity index (χ0v) is 10.4. The summed E-state index contributed by atoms with van der Waals surface area (Å²) in [4.78, 5) is 8.40. The fraction of sp³-hybridized carbons (Fsp3) is 0.667. The van der Waals surface area contributed by atoms with Gasteiger partial charge in [-0.2, -0.15) is 0 Å². The first-order chi connectivity index (χ1) is 7.74. The number of anilines is 1. The highest BCUT2D eigenvalue weighted by Crippen LogP contribution is 2.27. The van der Waals surface area contributed by atoms with E-state index in [1.165, 1.54) is 19.3 Å². The van der Waals surface area contributed by atoms with Crippen LogP contribution in [-0.4, -0.2) is 21.9 Å². The van der Waals surface area contributed by atoms with Crippen molar-refractivity contribution in [1.29, 1.82) is 0 Å². The van der Waals surface area contributed by atoms with Crippen LogP contribution in [0.15, 0.2) is 12.3 Å². The minimum Gasteiger partial charge on any atom is -0.370 e. The van der Waals surface area contributed by atoms with Crippen molar-refractivity contribution in [1.82, 2.24) is 9.97 Å². The monoisotopic (exact) mass is 239 g/mol. The van der Waals surface area contributed by atoms with E-state index >= 15 is 0 Å². The lowest BCUT2D eigenvalue weighted by Crippen LogP contribution is -2.22. The quantitative estimate of drug-likeness (QED) is 0.824. The van der Waals surface area contributed by atoms with Gasteiger partial charge in [-0.1, -0.05) is 6.42 Å². The summed E-state index contributed by atoms with van der Waals surface area (Å²) in [5.41, 5.74) is 0. The normalized spacial score (nSPS) is 25.4. The summed E-state index contributed by atoms with van der Waals surface area (Å²) in [6.07, 6.45) is 6.61. The van der Waals surface area contributed by atoms with Crippen LogP contribution in [0, 0.1) is 12.8 Å². The van der Waals surface area contributed by atoms with Gasteiger partial charge in [-0.05, 0) is 38.2 Å². The summed E-state index contributed by atoms with van der Waals surface area (Å²) < 4.78 is 0. The van der Waals surface area contributed by atoms with Crippen molar-refractivity contribution in [3.05, 3.63) is 18.1 Å². The van der Waals surface area contributed by atoms with Gasteiger partial charge in [0.15, 0.2) is 0 Å². The van der Waals surface area contributed by atoms with E-state index in [4.69, 9.17) is 11.6 Å². The minimum atomic E-state index is 0.368. The van der Waals surface area contributed by atoms with E-state index in [-0.39, 0.29) is 0 Å². The van der Waals surface area contributed by atoms with Gasteiger partial charge in [0.1, 0.15) is 11.6 Å². The fourth-order valence-corrected chi connectivity index (χ4v) is 2.62. The molecule has 1 N–H and O–H groups in total. The standard InChI is InChI=1S/C12H18ClN3/c1-9-14-6-5-12(16-9)15-8-10-3-2-4-11(13)7-10/h5-6,10-11H,2-4,7-8H2,1H3,(H,14,15,16). The maximum atomic E-state index is 6.16. The number of halogens is 1. The molecule has 0 amide bonds. The lowest BCUT2D eigenvalue weighted by molar-refractivity contribution is 0.378. The summed E-state index contributed by atoms with van der Waals surface area (Å²) in [6, 6.07) is 1.91. The van der Waals surface area contributed by atoms with Crippen LogP contribution in [0.1, 0.15) is 31.5 Å². The van der Waals surface area contributed by atoms with Crippen LogP contribution >= 0.6 is 11.6 Å². The van der Waals surface area contributed by atoms with Crippen LogP contribution < -0.4 is 5.32 Å². The smallest absolute Gasteiger partial charge is 0.129 e.